The highest BCUT2D eigenvalue weighted by atomic mass is 35.5. The van der Waals surface area contributed by atoms with Crippen LogP contribution in [-0.2, 0) is 16.1 Å². The third-order valence-corrected chi connectivity index (χ3v) is 4.08. The highest BCUT2D eigenvalue weighted by molar-refractivity contribution is 5.85. The summed E-state index contributed by atoms with van der Waals surface area (Å²) < 4.78 is 7.63. The number of amides is 1. The van der Waals surface area contributed by atoms with Crippen molar-refractivity contribution in [3.05, 3.63) is 30.1 Å². The third-order valence-electron chi connectivity index (χ3n) is 4.08. The molecule has 1 aromatic heterocycles. The molecule has 1 saturated heterocycles. The molecule has 0 unspecified atom stereocenters. The minimum absolute atomic E-state index is 0. The van der Waals surface area contributed by atoms with Crippen molar-refractivity contribution in [2.75, 3.05) is 19.7 Å². The number of benzene rings is 1. The number of hydrogen-bond acceptors (Lipinski definition) is 4. The molecule has 1 amide bonds. The number of hydrogen-bond donors (Lipinski definition) is 2. The number of carbonyl (C=O) groups is 1. The first kappa shape index (κ1) is 20.7. The van der Waals surface area contributed by atoms with Gasteiger partial charge in [-0.05, 0) is 26.0 Å². The molecule has 2 atom stereocenters. The van der Waals surface area contributed by atoms with E-state index < -0.39 is 0 Å². The van der Waals surface area contributed by atoms with Crippen LogP contribution in [0.3, 0.4) is 0 Å². The fourth-order valence-corrected chi connectivity index (χ4v) is 2.91. The van der Waals surface area contributed by atoms with Gasteiger partial charge in [0, 0.05) is 19.6 Å². The molecule has 134 valence electrons. The number of ether oxygens (including phenoxy) is 1. The standard InChI is InChI=1S/C16H22N4O2.2ClH/c1-11-15(17-8-10-22-11)16(21)18-7-9-20-12(2)19-13-5-3-4-6-14(13)20;;/h3-6,11,15,17H,7-10H2,1-2H3,(H,18,21);2*1H/t11-,15+;;/m1../s1. The Bertz CT molecular complexity index is 677. The maximum atomic E-state index is 12.2. The van der Waals surface area contributed by atoms with E-state index in [4.69, 9.17) is 4.74 Å². The van der Waals surface area contributed by atoms with Crippen molar-refractivity contribution in [1.29, 1.82) is 0 Å². The number of nitrogens with zero attached hydrogens (tertiary/aromatic N) is 2. The number of rotatable bonds is 4. The van der Waals surface area contributed by atoms with E-state index in [-0.39, 0.29) is 42.9 Å². The highest BCUT2D eigenvalue weighted by Crippen LogP contribution is 2.14. The summed E-state index contributed by atoms with van der Waals surface area (Å²) in [5, 5.41) is 6.18. The zero-order valence-electron chi connectivity index (χ0n) is 13.8. The lowest BCUT2D eigenvalue weighted by molar-refractivity contribution is -0.128. The summed E-state index contributed by atoms with van der Waals surface area (Å²) in [4.78, 5) is 16.7. The number of aryl methyl sites for hydroxylation is 1. The van der Waals surface area contributed by atoms with Crippen molar-refractivity contribution >= 4 is 41.8 Å². The van der Waals surface area contributed by atoms with Crippen LogP contribution in [0.15, 0.2) is 24.3 Å². The van der Waals surface area contributed by atoms with Crippen molar-refractivity contribution in [1.82, 2.24) is 20.2 Å². The Kier molecular flexibility index (Phi) is 7.96. The van der Waals surface area contributed by atoms with E-state index in [0.29, 0.717) is 26.2 Å². The average Bonchev–Trinajstić information content (AvgIpc) is 2.83. The van der Waals surface area contributed by atoms with Gasteiger partial charge in [-0.3, -0.25) is 4.79 Å². The third kappa shape index (κ3) is 4.39. The van der Waals surface area contributed by atoms with Crippen LogP contribution in [0.2, 0.25) is 0 Å². The SMILES string of the molecule is Cc1nc2ccccc2n1CCNC(=O)[C@H]1NCCO[C@@H]1C.Cl.Cl. The van der Waals surface area contributed by atoms with Crippen LogP contribution in [0, 0.1) is 6.92 Å². The maximum Gasteiger partial charge on any atom is 0.239 e. The van der Waals surface area contributed by atoms with Gasteiger partial charge in [0.2, 0.25) is 5.91 Å². The van der Waals surface area contributed by atoms with Crippen LogP contribution in [0.1, 0.15) is 12.7 Å². The van der Waals surface area contributed by atoms with Crippen molar-refractivity contribution in [3.8, 4) is 0 Å². The van der Waals surface area contributed by atoms with Gasteiger partial charge in [-0.2, -0.15) is 0 Å². The summed E-state index contributed by atoms with van der Waals surface area (Å²) >= 11 is 0. The molecule has 1 aliphatic rings. The number of carbonyl (C=O) groups excluding carboxylic acids is 1. The van der Waals surface area contributed by atoms with E-state index in [2.05, 4.69) is 26.3 Å². The van der Waals surface area contributed by atoms with Crippen LogP contribution >= 0.6 is 24.8 Å². The number of aromatic nitrogens is 2. The number of morpholine rings is 1. The molecule has 6 nitrogen and oxygen atoms in total. The molecule has 2 heterocycles. The topological polar surface area (TPSA) is 68.2 Å². The number of fused-ring (bicyclic) bond motifs is 1. The number of nitrogens with one attached hydrogen (secondary N) is 2. The Morgan fingerprint density at radius 1 is 1.42 bits per heavy atom. The quantitative estimate of drug-likeness (QED) is 0.854. The summed E-state index contributed by atoms with van der Waals surface area (Å²) in [6.07, 6.45) is -0.0930. The molecule has 1 fully saturated rings. The molecule has 2 aromatic rings. The minimum atomic E-state index is -0.269. The zero-order chi connectivity index (χ0) is 15.5. The van der Waals surface area contributed by atoms with Crippen LogP contribution in [0.25, 0.3) is 11.0 Å². The number of imidazole rings is 1. The normalized spacial score (nSPS) is 20.1. The Balaban J connectivity index is 0.00000144. The molecular weight excluding hydrogens is 351 g/mol. The molecule has 0 aliphatic carbocycles. The van der Waals surface area contributed by atoms with E-state index >= 15 is 0 Å². The summed E-state index contributed by atoms with van der Waals surface area (Å²) in [6, 6.07) is 7.77. The second-order valence-corrected chi connectivity index (χ2v) is 5.60. The Morgan fingerprint density at radius 3 is 2.92 bits per heavy atom. The van der Waals surface area contributed by atoms with Gasteiger partial charge in [0.05, 0.1) is 23.7 Å². The molecule has 0 bridgehead atoms. The predicted octanol–water partition coefficient (Wildman–Crippen LogP) is 1.68. The molecule has 0 spiro atoms. The van der Waals surface area contributed by atoms with E-state index in [9.17, 15) is 4.79 Å². The lowest BCUT2D eigenvalue weighted by Gasteiger charge is -2.29. The summed E-state index contributed by atoms with van der Waals surface area (Å²) in [5.74, 6) is 0.956. The number of para-hydroxylation sites is 2. The molecule has 8 heteroatoms. The van der Waals surface area contributed by atoms with Crippen molar-refractivity contribution in [3.63, 3.8) is 0 Å². The van der Waals surface area contributed by atoms with Gasteiger partial charge in [0.15, 0.2) is 0 Å². The minimum Gasteiger partial charge on any atom is -0.375 e. The summed E-state index contributed by atoms with van der Waals surface area (Å²) in [7, 11) is 0. The largest absolute Gasteiger partial charge is 0.375 e. The second kappa shape index (κ2) is 9.22. The van der Waals surface area contributed by atoms with Crippen LogP contribution < -0.4 is 10.6 Å². The summed E-state index contributed by atoms with van der Waals surface area (Å²) in [5.41, 5.74) is 2.09. The molecule has 1 aromatic carbocycles. The van der Waals surface area contributed by atoms with Crippen molar-refractivity contribution in [2.45, 2.75) is 32.5 Å². The van der Waals surface area contributed by atoms with Crippen LogP contribution in [0.4, 0.5) is 0 Å². The lowest BCUT2D eigenvalue weighted by Crippen LogP contribution is -2.55. The molecule has 1 aliphatic heterocycles. The maximum absolute atomic E-state index is 12.2. The number of halogens is 2. The average molecular weight is 375 g/mol. The molecule has 24 heavy (non-hydrogen) atoms. The Morgan fingerprint density at radius 2 is 2.17 bits per heavy atom. The van der Waals surface area contributed by atoms with Gasteiger partial charge >= 0.3 is 0 Å². The Hall–Kier alpha value is -1.34. The fraction of sp³-hybridized carbons (Fsp3) is 0.500. The highest BCUT2D eigenvalue weighted by Gasteiger charge is 2.27. The Labute approximate surface area is 154 Å². The van der Waals surface area contributed by atoms with Crippen molar-refractivity contribution in [2.24, 2.45) is 0 Å². The van der Waals surface area contributed by atoms with Gasteiger partial charge in [0.1, 0.15) is 11.9 Å². The molecular formula is C16H24Cl2N4O2. The van der Waals surface area contributed by atoms with Gasteiger partial charge in [0.25, 0.3) is 0 Å². The summed E-state index contributed by atoms with van der Waals surface area (Å²) in [6.45, 7) is 6.56. The van der Waals surface area contributed by atoms with E-state index in [1.54, 1.807) is 0 Å². The van der Waals surface area contributed by atoms with Gasteiger partial charge in [-0.15, -0.1) is 24.8 Å². The monoisotopic (exact) mass is 374 g/mol. The first-order valence-corrected chi connectivity index (χ1v) is 7.71. The van der Waals surface area contributed by atoms with Crippen LogP contribution in [0.5, 0.6) is 0 Å². The van der Waals surface area contributed by atoms with E-state index in [1.807, 2.05) is 32.0 Å². The lowest BCUT2D eigenvalue weighted by atomic mass is 10.1. The van der Waals surface area contributed by atoms with E-state index in [0.717, 1.165) is 16.9 Å². The predicted molar refractivity (Wildman–Crippen MR) is 99.2 cm³/mol. The van der Waals surface area contributed by atoms with Gasteiger partial charge in [-0.1, -0.05) is 12.1 Å². The first-order chi connectivity index (χ1) is 10.7. The molecule has 0 saturated carbocycles. The van der Waals surface area contributed by atoms with Crippen LogP contribution in [-0.4, -0.2) is 47.3 Å². The molecule has 3 rings (SSSR count). The zero-order valence-corrected chi connectivity index (χ0v) is 15.5. The fourth-order valence-electron chi connectivity index (χ4n) is 2.91. The second-order valence-electron chi connectivity index (χ2n) is 5.60. The van der Waals surface area contributed by atoms with Crippen molar-refractivity contribution < 1.29 is 9.53 Å². The van der Waals surface area contributed by atoms with Gasteiger partial charge in [-0.25, -0.2) is 4.98 Å². The van der Waals surface area contributed by atoms with E-state index in [1.165, 1.54) is 0 Å². The van der Waals surface area contributed by atoms with Gasteiger partial charge < -0.3 is 19.9 Å². The molecule has 2 N–H and O–H groups in total. The smallest absolute Gasteiger partial charge is 0.239 e. The molecule has 0 radical (unpaired) electrons. The first-order valence-electron chi connectivity index (χ1n) is 7.71.